The summed E-state index contributed by atoms with van der Waals surface area (Å²) in [4.78, 5) is 9.12. The van der Waals surface area contributed by atoms with E-state index in [1.807, 2.05) is 60.0 Å². The van der Waals surface area contributed by atoms with Gasteiger partial charge in [-0.15, -0.1) is 0 Å². The summed E-state index contributed by atoms with van der Waals surface area (Å²) in [5.41, 5.74) is 2.67. The minimum atomic E-state index is -3.65. The Bertz CT molecular complexity index is 1250. The molecule has 0 spiro atoms. The first-order chi connectivity index (χ1) is 16.8. The number of rotatable bonds is 9. The molecule has 1 unspecified atom stereocenters. The smallest absolute Gasteiger partial charge is 0.302 e. The largest absolute Gasteiger partial charge is 0.425 e. The number of hydrogen-bond donors (Lipinski definition) is 1. The van der Waals surface area contributed by atoms with Crippen LogP contribution in [-0.4, -0.2) is 56.1 Å². The van der Waals surface area contributed by atoms with Crippen molar-refractivity contribution in [3.05, 3.63) is 77.5 Å². The molecular formula is C26H33N5O3S. The Hall–Kier alpha value is -3.14. The summed E-state index contributed by atoms with van der Waals surface area (Å²) in [6.45, 7) is 8.39. The van der Waals surface area contributed by atoms with Crippen molar-refractivity contribution in [3.63, 3.8) is 0 Å². The van der Waals surface area contributed by atoms with Crippen molar-refractivity contribution in [1.82, 2.24) is 19.2 Å². The van der Waals surface area contributed by atoms with E-state index in [1.165, 1.54) is 5.41 Å². The molecule has 0 aliphatic carbocycles. The van der Waals surface area contributed by atoms with Crippen molar-refractivity contribution in [1.29, 1.82) is 0 Å². The van der Waals surface area contributed by atoms with Crippen LogP contribution in [0.5, 0.6) is 11.8 Å². The number of likely N-dealkylation sites (N-methyl/N-ethyl adjacent to an activating group) is 1. The zero-order valence-corrected chi connectivity index (χ0v) is 21.3. The molecule has 2 aromatic carbocycles. The maximum Gasteiger partial charge on any atom is 0.302 e. The third-order valence-corrected chi connectivity index (χ3v) is 7.26. The molecule has 0 amide bonds. The summed E-state index contributed by atoms with van der Waals surface area (Å²) in [7, 11) is -1.51. The molecule has 4 rings (SSSR count). The maximum atomic E-state index is 12.6. The molecule has 186 valence electrons. The van der Waals surface area contributed by atoms with Crippen LogP contribution in [0.25, 0.3) is 6.08 Å². The molecule has 1 saturated heterocycles. The summed E-state index contributed by atoms with van der Waals surface area (Å²) in [5, 5.41) is 1.19. The van der Waals surface area contributed by atoms with Gasteiger partial charge in [0.2, 0.25) is 10.0 Å². The molecule has 8 nitrogen and oxygen atoms in total. The van der Waals surface area contributed by atoms with Crippen molar-refractivity contribution >= 4 is 21.8 Å². The SMILES string of the molecule is CCn1c(C(C)NS(=O)(=O)C=Cc2ccccc2)cnc1Oc1cccc(N2CCN(C)CC2)c1. The van der Waals surface area contributed by atoms with Crippen molar-refractivity contribution in [2.24, 2.45) is 0 Å². The maximum absolute atomic E-state index is 12.6. The Labute approximate surface area is 207 Å². The van der Waals surface area contributed by atoms with E-state index in [9.17, 15) is 8.42 Å². The molecule has 9 heteroatoms. The second-order valence-corrected chi connectivity index (χ2v) is 10.3. The second kappa shape index (κ2) is 11.1. The minimum Gasteiger partial charge on any atom is -0.425 e. The van der Waals surface area contributed by atoms with Gasteiger partial charge >= 0.3 is 6.01 Å². The molecule has 1 aliphatic heterocycles. The molecule has 1 N–H and O–H groups in total. The van der Waals surface area contributed by atoms with E-state index in [0.717, 1.165) is 43.1 Å². The lowest BCUT2D eigenvalue weighted by Crippen LogP contribution is -2.44. The van der Waals surface area contributed by atoms with Crippen molar-refractivity contribution in [2.75, 3.05) is 38.1 Å². The Morgan fingerprint density at radius 2 is 1.83 bits per heavy atom. The number of aromatic nitrogens is 2. The van der Waals surface area contributed by atoms with Gasteiger partial charge in [-0.25, -0.2) is 18.1 Å². The molecule has 1 fully saturated rings. The Balaban J connectivity index is 1.46. The fourth-order valence-electron chi connectivity index (χ4n) is 4.11. The minimum absolute atomic E-state index is 0.434. The molecular weight excluding hydrogens is 462 g/mol. The highest BCUT2D eigenvalue weighted by Gasteiger charge is 2.20. The van der Waals surface area contributed by atoms with Gasteiger partial charge < -0.3 is 14.5 Å². The van der Waals surface area contributed by atoms with E-state index in [-0.39, 0.29) is 0 Å². The number of hydrogen-bond acceptors (Lipinski definition) is 6. The third kappa shape index (κ3) is 6.50. The van der Waals surface area contributed by atoms with Gasteiger partial charge in [0, 0.05) is 49.9 Å². The number of benzene rings is 2. The number of anilines is 1. The molecule has 3 aromatic rings. The fraction of sp³-hybridized carbons (Fsp3) is 0.346. The second-order valence-electron chi connectivity index (χ2n) is 8.70. The quantitative estimate of drug-likeness (QED) is 0.482. The predicted octanol–water partition coefficient (Wildman–Crippen LogP) is 4.10. The van der Waals surface area contributed by atoms with Crippen LogP contribution in [-0.2, 0) is 16.6 Å². The molecule has 1 aliphatic rings. The molecule has 0 bridgehead atoms. The summed E-state index contributed by atoms with van der Waals surface area (Å²) in [6.07, 6.45) is 3.24. The Morgan fingerprint density at radius 3 is 2.54 bits per heavy atom. The zero-order chi connectivity index (χ0) is 24.8. The van der Waals surface area contributed by atoms with Gasteiger partial charge in [0.15, 0.2) is 0 Å². The van der Waals surface area contributed by atoms with Crippen LogP contribution in [0, 0.1) is 0 Å². The lowest BCUT2D eigenvalue weighted by Gasteiger charge is -2.34. The average molecular weight is 496 g/mol. The summed E-state index contributed by atoms with van der Waals surface area (Å²) < 4.78 is 36.0. The van der Waals surface area contributed by atoms with E-state index in [1.54, 1.807) is 19.2 Å². The lowest BCUT2D eigenvalue weighted by molar-refractivity contribution is 0.312. The van der Waals surface area contributed by atoms with E-state index in [4.69, 9.17) is 4.74 Å². The highest BCUT2D eigenvalue weighted by Crippen LogP contribution is 2.28. The molecule has 0 saturated carbocycles. The predicted molar refractivity (Wildman–Crippen MR) is 140 cm³/mol. The van der Waals surface area contributed by atoms with E-state index in [0.29, 0.717) is 18.3 Å². The monoisotopic (exact) mass is 495 g/mol. The summed E-state index contributed by atoms with van der Waals surface area (Å²) in [6, 6.07) is 17.3. The topological polar surface area (TPSA) is 79.7 Å². The van der Waals surface area contributed by atoms with Gasteiger partial charge in [-0.1, -0.05) is 36.4 Å². The van der Waals surface area contributed by atoms with Crippen LogP contribution in [0.2, 0.25) is 0 Å². The van der Waals surface area contributed by atoms with Gasteiger partial charge in [0.25, 0.3) is 0 Å². The number of piperazine rings is 1. The molecule has 35 heavy (non-hydrogen) atoms. The highest BCUT2D eigenvalue weighted by molar-refractivity contribution is 7.92. The number of nitrogens with zero attached hydrogens (tertiary/aromatic N) is 4. The van der Waals surface area contributed by atoms with Gasteiger partial charge in [-0.05, 0) is 44.7 Å². The molecule has 1 aromatic heterocycles. The van der Waals surface area contributed by atoms with Crippen LogP contribution in [0.3, 0.4) is 0 Å². The van der Waals surface area contributed by atoms with E-state index < -0.39 is 16.1 Å². The fourth-order valence-corrected chi connectivity index (χ4v) is 5.14. The highest BCUT2D eigenvalue weighted by atomic mass is 32.2. The normalized spacial score (nSPS) is 16.0. The third-order valence-electron chi connectivity index (χ3n) is 6.09. The number of sulfonamides is 1. The zero-order valence-electron chi connectivity index (χ0n) is 20.5. The average Bonchev–Trinajstić information content (AvgIpc) is 3.26. The van der Waals surface area contributed by atoms with Crippen molar-refractivity contribution in [3.8, 4) is 11.8 Å². The van der Waals surface area contributed by atoms with Crippen LogP contribution < -0.4 is 14.4 Å². The van der Waals surface area contributed by atoms with E-state index >= 15 is 0 Å². The molecule has 0 radical (unpaired) electrons. The first-order valence-electron chi connectivity index (χ1n) is 11.9. The van der Waals surface area contributed by atoms with Crippen LogP contribution >= 0.6 is 0 Å². The standard InChI is InChI=1S/C26H33N5O3S/c1-4-31-25(21(2)28-35(32,33)18-13-22-9-6-5-7-10-22)20-27-26(31)34-24-12-8-11-23(19-24)30-16-14-29(3)15-17-30/h5-13,18-21,28H,4,14-17H2,1-3H3. The summed E-state index contributed by atoms with van der Waals surface area (Å²) >= 11 is 0. The number of ether oxygens (including phenoxy) is 1. The first-order valence-corrected chi connectivity index (χ1v) is 13.4. The van der Waals surface area contributed by atoms with E-state index in [2.05, 4.69) is 32.6 Å². The Kier molecular flexibility index (Phi) is 7.90. The van der Waals surface area contributed by atoms with Crippen LogP contribution in [0.4, 0.5) is 5.69 Å². The molecule has 1 atom stereocenters. The van der Waals surface area contributed by atoms with Crippen molar-refractivity contribution in [2.45, 2.75) is 26.4 Å². The molecule has 2 heterocycles. The number of nitrogens with one attached hydrogen (secondary N) is 1. The van der Waals surface area contributed by atoms with Gasteiger partial charge in [0.1, 0.15) is 5.75 Å². The summed E-state index contributed by atoms with van der Waals surface area (Å²) in [5.74, 6) is 0.701. The van der Waals surface area contributed by atoms with Gasteiger partial charge in [0.05, 0.1) is 17.9 Å². The number of imidazole rings is 1. The lowest BCUT2D eigenvalue weighted by atomic mass is 10.2. The first kappa shape index (κ1) is 25.0. The van der Waals surface area contributed by atoms with Crippen LogP contribution in [0.15, 0.2) is 66.2 Å². The van der Waals surface area contributed by atoms with Gasteiger partial charge in [-0.2, -0.15) is 0 Å². The van der Waals surface area contributed by atoms with Gasteiger partial charge in [-0.3, -0.25) is 4.57 Å². The van der Waals surface area contributed by atoms with Crippen molar-refractivity contribution < 1.29 is 13.2 Å². The Morgan fingerprint density at radius 1 is 1.09 bits per heavy atom. The van der Waals surface area contributed by atoms with Crippen LogP contribution in [0.1, 0.15) is 31.1 Å².